The summed E-state index contributed by atoms with van der Waals surface area (Å²) in [5.74, 6) is 1.96. The van der Waals surface area contributed by atoms with Crippen molar-refractivity contribution < 1.29 is 0 Å². The van der Waals surface area contributed by atoms with E-state index in [1.165, 1.54) is 24.0 Å². The highest BCUT2D eigenvalue weighted by Crippen LogP contribution is 2.40. The van der Waals surface area contributed by atoms with Gasteiger partial charge in [0.25, 0.3) is 0 Å². The third-order valence-electron chi connectivity index (χ3n) is 2.86. The van der Waals surface area contributed by atoms with Crippen LogP contribution in [0.1, 0.15) is 24.5 Å². The fourth-order valence-electron chi connectivity index (χ4n) is 1.83. The van der Waals surface area contributed by atoms with Crippen LogP contribution >= 0.6 is 0 Å². The molecule has 2 unspecified atom stereocenters. The minimum Gasteiger partial charge on any atom is -0.0622 e. The quantitative estimate of drug-likeness (QED) is 0.623. The van der Waals surface area contributed by atoms with Crippen molar-refractivity contribution in [2.24, 2.45) is 11.8 Å². The second kappa shape index (κ2) is 2.93. The number of hydrogen-bond donors (Lipinski definition) is 0. The minimum absolute atomic E-state index is 0.977. The average Bonchev–Trinajstić information content (AvgIpc) is 2.66. The molecule has 2 atom stereocenters. The van der Waals surface area contributed by atoms with Gasteiger partial charge in [0.15, 0.2) is 0 Å². The largest absolute Gasteiger partial charge is 0.0622 e. The van der Waals surface area contributed by atoms with E-state index in [0.717, 1.165) is 11.8 Å². The second-order valence-corrected chi connectivity index (χ2v) is 4.17. The Hall–Kier alpha value is -0.780. The van der Waals surface area contributed by atoms with Gasteiger partial charge in [-0.15, -0.1) is 0 Å². The van der Waals surface area contributed by atoms with Crippen molar-refractivity contribution in [3.8, 4) is 0 Å². The molecule has 1 aliphatic rings. The van der Waals surface area contributed by atoms with E-state index in [4.69, 9.17) is 0 Å². The summed E-state index contributed by atoms with van der Waals surface area (Å²) in [4.78, 5) is 0. The van der Waals surface area contributed by atoms with Gasteiger partial charge < -0.3 is 0 Å². The molecule has 0 aromatic heterocycles. The van der Waals surface area contributed by atoms with E-state index < -0.39 is 0 Å². The smallest absolute Gasteiger partial charge is 0.0248 e. The predicted molar refractivity (Wildman–Crippen MR) is 52.2 cm³/mol. The van der Waals surface area contributed by atoms with Gasteiger partial charge in [0.1, 0.15) is 0 Å². The summed E-state index contributed by atoms with van der Waals surface area (Å²) in [6.45, 7) is 4.51. The molecule has 2 rings (SSSR count). The van der Waals surface area contributed by atoms with E-state index in [-0.39, 0.29) is 0 Å². The van der Waals surface area contributed by atoms with Crippen LogP contribution in [0.25, 0.3) is 0 Å². The number of hydrogen-bond acceptors (Lipinski definition) is 0. The van der Waals surface area contributed by atoms with Gasteiger partial charge in [-0.2, -0.15) is 0 Å². The lowest BCUT2D eigenvalue weighted by Gasteiger charge is -2.00. The van der Waals surface area contributed by atoms with Crippen molar-refractivity contribution in [3.05, 3.63) is 35.4 Å². The van der Waals surface area contributed by atoms with E-state index in [0.29, 0.717) is 0 Å². The normalized spacial score (nSPS) is 27.2. The lowest BCUT2D eigenvalue weighted by Crippen LogP contribution is -1.88. The molecular formula is C12H16. The van der Waals surface area contributed by atoms with Gasteiger partial charge in [0, 0.05) is 0 Å². The maximum Gasteiger partial charge on any atom is -0.0248 e. The molecule has 0 heterocycles. The van der Waals surface area contributed by atoms with Crippen LogP contribution in [0.15, 0.2) is 24.3 Å². The average molecular weight is 160 g/mol. The van der Waals surface area contributed by atoms with Crippen LogP contribution in [-0.4, -0.2) is 0 Å². The summed E-state index contributed by atoms with van der Waals surface area (Å²) in [7, 11) is 0. The Bertz CT molecular complexity index is 275. The number of rotatable bonds is 2. The number of aryl methyl sites for hydroxylation is 1. The first-order valence-corrected chi connectivity index (χ1v) is 4.81. The van der Waals surface area contributed by atoms with Gasteiger partial charge in [0.2, 0.25) is 0 Å². The maximum atomic E-state index is 2.35. The zero-order valence-corrected chi connectivity index (χ0v) is 7.88. The molecule has 1 fully saturated rings. The Balaban J connectivity index is 2.03. The molecule has 1 aliphatic carbocycles. The molecule has 1 saturated carbocycles. The first-order valence-electron chi connectivity index (χ1n) is 4.81. The summed E-state index contributed by atoms with van der Waals surface area (Å²) in [5, 5.41) is 0. The highest BCUT2D eigenvalue weighted by Gasteiger charge is 2.31. The Kier molecular flexibility index (Phi) is 1.92. The van der Waals surface area contributed by atoms with E-state index in [1.807, 2.05) is 0 Å². The lowest BCUT2D eigenvalue weighted by atomic mass is 10.1. The van der Waals surface area contributed by atoms with Crippen LogP contribution in [0, 0.1) is 18.8 Å². The van der Waals surface area contributed by atoms with E-state index in [9.17, 15) is 0 Å². The molecular weight excluding hydrogens is 144 g/mol. The second-order valence-electron chi connectivity index (χ2n) is 4.17. The lowest BCUT2D eigenvalue weighted by molar-refractivity contribution is 0.746. The van der Waals surface area contributed by atoms with Gasteiger partial charge in [0.05, 0.1) is 0 Å². The molecule has 0 spiro atoms. The van der Waals surface area contributed by atoms with E-state index in [2.05, 4.69) is 38.1 Å². The SMILES string of the molecule is Cc1cccc(CC2CC2C)c1. The fraction of sp³-hybridized carbons (Fsp3) is 0.500. The van der Waals surface area contributed by atoms with Crippen LogP contribution < -0.4 is 0 Å². The monoisotopic (exact) mass is 160 g/mol. The molecule has 1 aromatic carbocycles. The predicted octanol–water partition coefficient (Wildman–Crippen LogP) is 3.19. The van der Waals surface area contributed by atoms with Crippen LogP contribution in [0.3, 0.4) is 0 Å². The molecule has 0 amide bonds. The van der Waals surface area contributed by atoms with Crippen molar-refractivity contribution in [3.63, 3.8) is 0 Å². The van der Waals surface area contributed by atoms with Crippen LogP contribution in [0.4, 0.5) is 0 Å². The van der Waals surface area contributed by atoms with Gasteiger partial charge in [-0.3, -0.25) is 0 Å². The molecule has 0 aliphatic heterocycles. The molecule has 64 valence electrons. The minimum atomic E-state index is 0.977. The van der Waals surface area contributed by atoms with Crippen molar-refractivity contribution in [1.82, 2.24) is 0 Å². The molecule has 0 bridgehead atoms. The standard InChI is InChI=1S/C12H16/c1-9-4-3-5-11(6-9)8-12-7-10(12)2/h3-6,10,12H,7-8H2,1-2H3. The van der Waals surface area contributed by atoms with Crippen molar-refractivity contribution in [2.45, 2.75) is 26.7 Å². The summed E-state index contributed by atoms with van der Waals surface area (Å²) in [6, 6.07) is 8.89. The topological polar surface area (TPSA) is 0 Å². The summed E-state index contributed by atoms with van der Waals surface area (Å²) in [6.07, 6.45) is 2.73. The van der Waals surface area contributed by atoms with Crippen LogP contribution in [-0.2, 0) is 6.42 Å². The molecule has 0 N–H and O–H groups in total. The van der Waals surface area contributed by atoms with Crippen molar-refractivity contribution in [2.75, 3.05) is 0 Å². The fourth-order valence-corrected chi connectivity index (χ4v) is 1.83. The Morgan fingerprint density at radius 1 is 1.42 bits per heavy atom. The summed E-state index contributed by atoms with van der Waals surface area (Å²) in [5.41, 5.74) is 2.91. The Morgan fingerprint density at radius 2 is 2.17 bits per heavy atom. The molecule has 1 aromatic rings. The third kappa shape index (κ3) is 1.69. The van der Waals surface area contributed by atoms with Gasteiger partial charge in [-0.1, -0.05) is 36.8 Å². The Labute approximate surface area is 74.6 Å². The molecule has 0 heteroatoms. The molecule has 12 heavy (non-hydrogen) atoms. The first-order chi connectivity index (χ1) is 5.75. The first kappa shape index (κ1) is 7.85. The molecule has 0 saturated heterocycles. The third-order valence-corrected chi connectivity index (χ3v) is 2.86. The van der Waals surface area contributed by atoms with Gasteiger partial charge in [-0.25, -0.2) is 0 Å². The molecule has 0 radical (unpaired) electrons. The van der Waals surface area contributed by atoms with Gasteiger partial charge in [-0.05, 0) is 37.2 Å². The van der Waals surface area contributed by atoms with Crippen molar-refractivity contribution in [1.29, 1.82) is 0 Å². The highest BCUT2D eigenvalue weighted by atomic mass is 14.4. The van der Waals surface area contributed by atoms with E-state index >= 15 is 0 Å². The Morgan fingerprint density at radius 3 is 2.75 bits per heavy atom. The van der Waals surface area contributed by atoms with Crippen LogP contribution in [0.5, 0.6) is 0 Å². The van der Waals surface area contributed by atoms with Crippen LogP contribution in [0.2, 0.25) is 0 Å². The highest BCUT2D eigenvalue weighted by molar-refractivity contribution is 5.23. The summed E-state index contributed by atoms with van der Waals surface area (Å²) >= 11 is 0. The van der Waals surface area contributed by atoms with Gasteiger partial charge >= 0.3 is 0 Å². The zero-order valence-electron chi connectivity index (χ0n) is 7.88. The van der Waals surface area contributed by atoms with E-state index in [1.54, 1.807) is 0 Å². The molecule has 0 nitrogen and oxygen atoms in total. The maximum absolute atomic E-state index is 2.35. The zero-order chi connectivity index (χ0) is 8.55. The number of benzene rings is 1. The van der Waals surface area contributed by atoms with Crippen molar-refractivity contribution >= 4 is 0 Å². The summed E-state index contributed by atoms with van der Waals surface area (Å²) < 4.78 is 0.